The molecule has 1 fully saturated rings. The Morgan fingerprint density at radius 1 is 1.47 bits per heavy atom. The standard InChI is InChI=1S/C13H24N4/c1-12-10-13(4-8-16(12)2)15-5-3-7-17-9-6-14-11-17/h6,9,11-13,15H,3-5,7-8,10H2,1-2H3. The molecule has 0 amide bonds. The van der Waals surface area contributed by atoms with E-state index < -0.39 is 0 Å². The van der Waals surface area contributed by atoms with E-state index in [1.54, 1.807) is 0 Å². The summed E-state index contributed by atoms with van der Waals surface area (Å²) in [4.78, 5) is 6.49. The molecule has 1 aromatic rings. The van der Waals surface area contributed by atoms with Gasteiger partial charge in [0.05, 0.1) is 6.33 Å². The second-order valence-electron chi connectivity index (χ2n) is 5.16. The van der Waals surface area contributed by atoms with Crippen molar-refractivity contribution < 1.29 is 0 Å². The van der Waals surface area contributed by atoms with Crippen LogP contribution in [0, 0.1) is 0 Å². The molecule has 17 heavy (non-hydrogen) atoms. The molecule has 2 unspecified atom stereocenters. The lowest BCUT2D eigenvalue weighted by Crippen LogP contribution is -2.45. The van der Waals surface area contributed by atoms with E-state index in [2.05, 4.69) is 33.7 Å². The number of likely N-dealkylation sites (tertiary alicyclic amines) is 1. The molecular weight excluding hydrogens is 212 g/mol. The van der Waals surface area contributed by atoms with Gasteiger partial charge in [-0.2, -0.15) is 0 Å². The first kappa shape index (κ1) is 12.6. The number of aromatic nitrogens is 2. The monoisotopic (exact) mass is 236 g/mol. The van der Waals surface area contributed by atoms with E-state index in [4.69, 9.17) is 0 Å². The van der Waals surface area contributed by atoms with Gasteiger partial charge in [-0.05, 0) is 46.3 Å². The van der Waals surface area contributed by atoms with Gasteiger partial charge >= 0.3 is 0 Å². The van der Waals surface area contributed by atoms with Crippen LogP contribution < -0.4 is 5.32 Å². The third kappa shape index (κ3) is 3.82. The van der Waals surface area contributed by atoms with Gasteiger partial charge in [-0.25, -0.2) is 4.98 Å². The minimum atomic E-state index is 0.712. The molecular formula is C13H24N4. The fourth-order valence-electron chi connectivity index (χ4n) is 2.46. The molecule has 1 N–H and O–H groups in total. The van der Waals surface area contributed by atoms with E-state index in [0.717, 1.165) is 19.1 Å². The summed E-state index contributed by atoms with van der Waals surface area (Å²) < 4.78 is 2.14. The van der Waals surface area contributed by atoms with E-state index >= 15 is 0 Å². The minimum Gasteiger partial charge on any atom is -0.337 e. The predicted molar refractivity (Wildman–Crippen MR) is 70.0 cm³/mol. The summed E-state index contributed by atoms with van der Waals surface area (Å²) in [6.45, 7) is 5.72. The highest BCUT2D eigenvalue weighted by Gasteiger charge is 2.21. The highest BCUT2D eigenvalue weighted by molar-refractivity contribution is 4.81. The maximum atomic E-state index is 4.05. The van der Waals surface area contributed by atoms with Gasteiger partial charge < -0.3 is 14.8 Å². The summed E-state index contributed by atoms with van der Waals surface area (Å²) >= 11 is 0. The lowest BCUT2D eigenvalue weighted by atomic mass is 9.99. The van der Waals surface area contributed by atoms with Crippen LogP contribution in [0.1, 0.15) is 26.2 Å². The van der Waals surface area contributed by atoms with Crippen molar-refractivity contribution in [3.8, 4) is 0 Å². The normalized spacial score (nSPS) is 26.2. The topological polar surface area (TPSA) is 33.1 Å². The van der Waals surface area contributed by atoms with Crippen LogP contribution in [-0.2, 0) is 6.54 Å². The van der Waals surface area contributed by atoms with Crippen molar-refractivity contribution in [1.29, 1.82) is 0 Å². The van der Waals surface area contributed by atoms with Gasteiger partial charge in [0.25, 0.3) is 0 Å². The number of nitrogens with one attached hydrogen (secondary N) is 1. The third-order valence-corrected chi connectivity index (χ3v) is 3.79. The maximum absolute atomic E-state index is 4.05. The molecule has 1 aliphatic heterocycles. The zero-order valence-electron chi connectivity index (χ0n) is 11.0. The lowest BCUT2D eigenvalue weighted by molar-refractivity contribution is 0.168. The second kappa shape index (κ2) is 6.17. The second-order valence-corrected chi connectivity index (χ2v) is 5.16. The summed E-state index contributed by atoms with van der Waals surface area (Å²) in [5.41, 5.74) is 0. The summed E-state index contributed by atoms with van der Waals surface area (Å²) in [5.74, 6) is 0. The van der Waals surface area contributed by atoms with Gasteiger partial charge in [-0.3, -0.25) is 0 Å². The van der Waals surface area contributed by atoms with Gasteiger partial charge in [-0.15, -0.1) is 0 Å². The number of aryl methyl sites for hydroxylation is 1. The highest BCUT2D eigenvalue weighted by Crippen LogP contribution is 2.14. The Balaban J connectivity index is 1.59. The first-order valence-electron chi connectivity index (χ1n) is 6.65. The van der Waals surface area contributed by atoms with Crippen molar-refractivity contribution in [2.45, 2.75) is 44.8 Å². The summed E-state index contributed by atoms with van der Waals surface area (Å²) in [5, 5.41) is 3.67. The van der Waals surface area contributed by atoms with E-state index in [-0.39, 0.29) is 0 Å². The van der Waals surface area contributed by atoms with Crippen molar-refractivity contribution in [2.24, 2.45) is 0 Å². The van der Waals surface area contributed by atoms with Crippen molar-refractivity contribution in [2.75, 3.05) is 20.1 Å². The Bertz CT molecular complexity index is 309. The largest absolute Gasteiger partial charge is 0.337 e. The average Bonchev–Trinajstić information content (AvgIpc) is 2.82. The fourth-order valence-corrected chi connectivity index (χ4v) is 2.46. The van der Waals surface area contributed by atoms with Crippen LogP contribution in [0.5, 0.6) is 0 Å². The van der Waals surface area contributed by atoms with Crippen molar-refractivity contribution in [3.63, 3.8) is 0 Å². The van der Waals surface area contributed by atoms with Gasteiger partial charge in [-0.1, -0.05) is 0 Å². The molecule has 1 aromatic heterocycles. The summed E-state index contributed by atoms with van der Waals surface area (Å²) in [6, 6.07) is 1.43. The molecule has 0 aromatic carbocycles. The fraction of sp³-hybridized carbons (Fsp3) is 0.769. The van der Waals surface area contributed by atoms with Crippen LogP contribution in [0.25, 0.3) is 0 Å². The molecule has 4 heteroatoms. The SMILES string of the molecule is CC1CC(NCCCn2ccnc2)CCN1C. The van der Waals surface area contributed by atoms with E-state index in [0.29, 0.717) is 6.04 Å². The number of imidazole rings is 1. The predicted octanol–water partition coefficient (Wildman–Crippen LogP) is 1.35. The van der Waals surface area contributed by atoms with Crippen LogP contribution >= 0.6 is 0 Å². The summed E-state index contributed by atoms with van der Waals surface area (Å²) in [6.07, 6.45) is 9.49. The van der Waals surface area contributed by atoms with Gasteiger partial charge in [0.1, 0.15) is 0 Å². The van der Waals surface area contributed by atoms with Crippen LogP contribution in [0.4, 0.5) is 0 Å². The zero-order chi connectivity index (χ0) is 12.1. The molecule has 0 radical (unpaired) electrons. The molecule has 0 spiro atoms. The Labute approximate surface area is 104 Å². The Morgan fingerprint density at radius 3 is 3.06 bits per heavy atom. The lowest BCUT2D eigenvalue weighted by Gasteiger charge is -2.35. The van der Waals surface area contributed by atoms with E-state index in [1.807, 2.05) is 18.7 Å². The Hall–Kier alpha value is -0.870. The smallest absolute Gasteiger partial charge is 0.0945 e. The average molecular weight is 236 g/mol. The third-order valence-electron chi connectivity index (χ3n) is 3.79. The van der Waals surface area contributed by atoms with Crippen molar-refractivity contribution in [1.82, 2.24) is 19.8 Å². The zero-order valence-corrected chi connectivity index (χ0v) is 11.0. The van der Waals surface area contributed by atoms with Crippen molar-refractivity contribution >= 4 is 0 Å². The maximum Gasteiger partial charge on any atom is 0.0945 e. The van der Waals surface area contributed by atoms with E-state index in [1.165, 1.54) is 25.8 Å². The molecule has 2 heterocycles. The van der Waals surface area contributed by atoms with Crippen LogP contribution in [0.15, 0.2) is 18.7 Å². The van der Waals surface area contributed by atoms with Gasteiger partial charge in [0.15, 0.2) is 0 Å². The minimum absolute atomic E-state index is 0.712. The van der Waals surface area contributed by atoms with Crippen molar-refractivity contribution in [3.05, 3.63) is 18.7 Å². The molecule has 4 nitrogen and oxygen atoms in total. The first-order valence-corrected chi connectivity index (χ1v) is 6.65. The van der Waals surface area contributed by atoms with E-state index in [9.17, 15) is 0 Å². The van der Waals surface area contributed by atoms with Crippen LogP contribution in [0.3, 0.4) is 0 Å². The molecule has 2 rings (SSSR count). The van der Waals surface area contributed by atoms with Gasteiger partial charge in [0.2, 0.25) is 0 Å². The van der Waals surface area contributed by atoms with Crippen LogP contribution in [0.2, 0.25) is 0 Å². The quantitative estimate of drug-likeness (QED) is 0.783. The Kier molecular flexibility index (Phi) is 4.57. The number of nitrogens with zero attached hydrogens (tertiary/aromatic N) is 3. The molecule has 1 aliphatic rings. The molecule has 2 atom stereocenters. The number of rotatable bonds is 5. The summed E-state index contributed by atoms with van der Waals surface area (Å²) in [7, 11) is 2.22. The molecule has 96 valence electrons. The Morgan fingerprint density at radius 2 is 2.35 bits per heavy atom. The number of hydrogen-bond acceptors (Lipinski definition) is 3. The molecule has 0 bridgehead atoms. The highest BCUT2D eigenvalue weighted by atomic mass is 15.1. The van der Waals surface area contributed by atoms with Crippen LogP contribution in [-0.4, -0.2) is 46.7 Å². The molecule has 1 saturated heterocycles. The first-order chi connectivity index (χ1) is 8.25. The number of hydrogen-bond donors (Lipinski definition) is 1. The van der Waals surface area contributed by atoms with Gasteiger partial charge in [0, 0.05) is 31.0 Å². The molecule has 0 aliphatic carbocycles. The number of piperidine rings is 1. The molecule has 0 saturated carbocycles.